The van der Waals surface area contributed by atoms with Crippen molar-refractivity contribution in [3.05, 3.63) is 15.6 Å². The first-order valence-electron chi connectivity index (χ1n) is 4.96. The van der Waals surface area contributed by atoms with Gasteiger partial charge in [-0.2, -0.15) is 0 Å². The van der Waals surface area contributed by atoms with E-state index in [4.69, 9.17) is 9.84 Å². The fourth-order valence-corrected chi connectivity index (χ4v) is 2.74. The average molecular weight is 227 g/mol. The maximum absolute atomic E-state index is 10.5. The molecule has 1 unspecified atom stereocenters. The van der Waals surface area contributed by atoms with E-state index in [2.05, 4.69) is 4.98 Å². The zero-order chi connectivity index (χ0) is 10.8. The summed E-state index contributed by atoms with van der Waals surface area (Å²) in [5.41, 5.74) is 0.939. The van der Waals surface area contributed by atoms with Gasteiger partial charge in [0, 0.05) is 11.5 Å². The molecule has 4 nitrogen and oxygen atoms in total. The van der Waals surface area contributed by atoms with Crippen LogP contribution in [0, 0.1) is 6.92 Å². The Labute approximate surface area is 91.9 Å². The van der Waals surface area contributed by atoms with Crippen LogP contribution in [0.15, 0.2) is 0 Å². The Hall–Kier alpha value is -0.940. The van der Waals surface area contributed by atoms with Gasteiger partial charge in [0.05, 0.1) is 12.1 Å². The van der Waals surface area contributed by atoms with E-state index < -0.39 is 5.97 Å². The van der Waals surface area contributed by atoms with Gasteiger partial charge in [-0.3, -0.25) is 4.79 Å². The van der Waals surface area contributed by atoms with Gasteiger partial charge in [0.25, 0.3) is 0 Å². The van der Waals surface area contributed by atoms with Gasteiger partial charge in [0.2, 0.25) is 0 Å². The summed E-state index contributed by atoms with van der Waals surface area (Å²) in [5.74, 6) is -0.831. The lowest BCUT2D eigenvalue weighted by Crippen LogP contribution is -2.01. The monoisotopic (exact) mass is 227 g/mol. The van der Waals surface area contributed by atoms with Crippen LogP contribution in [-0.4, -0.2) is 22.7 Å². The zero-order valence-electron chi connectivity index (χ0n) is 8.52. The van der Waals surface area contributed by atoms with Crippen molar-refractivity contribution in [3.8, 4) is 0 Å². The molecule has 0 amide bonds. The van der Waals surface area contributed by atoms with E-state index in [1.165, 1.54) is 11.3 Å². The third kappa shape index (κ3) is 2.35. The number of ether oxygens (including phenoxy) is 1. The average Bonchev–Trinajstić information content (AvgIpc) is 2.72. The summed E-state index contributed by atoms with van der Waals surface area (Å²) in [4.78, 5) is 16.0. The smallest absolute Gasteiger partial charge is 0.310 e. The first-order chi connectivity index (χ1) is 7.16. The molecule has 2 heterocycles. The van der Waals surface area contributed by atoms with Crippen LogP contribution in [0.2, 0.25) is 0 Å². The number of carboxylic acids is 1. The molecule has 82 valence electrons. The van der Waals surface area contributed by atoms with E-state index in [0.29, 0.717) is 5.01 Å². The zero-order valence-corrected chi connectivity index (χ0v) is 9.34. The number of hydrogen-bond donors (Lipinski definition) is 1. The number of nitrogens with zero attached hydrogens (tertiary/aromatic N) is 1. The molecule has 1 aromatic rings. The molecule has 0 spiro atoms. The molecule has 1 fully saturated rings. The van der Waals surface area contributed by atoms with Crippen LogP contribution >= 0.6 is 11.3 Å². The van der Waals surface area contributed by atoms with Gasteiger partial charge < -0.3 is 9.84 Å². The quantitative estimate of drug-likeness (QED) is 0.857. The summed E-state index contributed by atoms with van der Waals surface area (Å²) in [5, 5.41) is 9.34. The van der Waals surface area contributed by atoms with Crippen LogP contribution < -0.4 is 0 Å². The predicted octanol–water partition coefficient (Wildman–Crippen LogP) is 1.93. The molecule has 5 heteroatoms. The Kier molecular flexibility index (Phi) is 3.02. The van der Waals surface area contributed by atoms with Crippen LogP contribution in [0.25, 0.3) is 0 Å². The number of rotatable bonds is 3. The lowest BCUT2D eigenvalue weighted by Gasteiger charge is -2.06. The third-order valence-corrected chi connectivity index (χ3v) is 3.40. The van der Waals surface area contributed by atoms with Crippen LogP contribution in [0.1, 0.15) is 34.5 Å². The minimum absolute atomic E-state index is 0.0121. The summed E-state index contributed by atoms with van der Waals surface area (Å²) < 4.78 is 5.53. The van der Waals surface area contributed by atoms with E-state index in [1.54, 1.807) is 0 Å². The fourth-order valence-electron chi connectivity index (χ4n) is 1.76. The van der Waals surface area contributed by atoms with Crippen molar-refractivity contribution in [1.29, 1.82) is 0 Å². The van der Waals surface area contributed by atoms with Crippen molar-refractivity contribution < 1.29 is 14.6 Å². The van der Waals surface area contributed by atoms with Crippen LogP contribution in [0.3, 0.4) is 0 Å². The van der Waals surface area contributed by atoms with Crippen LogP contribution in [0.4, 0.5) is 0 Å². The number of aromatic nitrogens is 1. The molecule has 1 N–H and O–H groups in total. The van der Waals surface area contributed by atoms with E-state index in [0.717, 1.165) is 30.0 Å². The molecule has 1 atom stereocenters. The number of carbonyl (C=O) groups is 1. The Bertz CT molecular complexity index is 369. The molecule has 0 radical (unpaired) electrons. The molecule has 2 rings (SSSR count). The topological polar surface area (TPSA) is 59.4 Å². The molecule has 15 heavy (non-hydrogen) atoms. The highest BCUT2D eigenvalue weighted by Crippen LogP contribution is 2.32. The molecule has 0 saturated carbocycles. The van der Waals surface area contributed by atoms with E-state index in [-0.39, 0.29) is 12.5 Å². The first kappa shape index (κ1) is 10.6. The van der Waals surface area contributed by atoms with Gasteiger partial charge in [-0.05, 0) is 19.8 Å². The molecule has 0 bridgehead atoms. The molecule has 0 aliphatic carbocycles. The summed E-state index contributed by atoms with van der Waals surface area (Å²) in [6, 6.07) is 0. The number of aliphatic carboxylic acids is 1. The summed E-state index contributed by atoms with van der Waals surface area (Å²) >= 11 is 1.46. The van der Waals surface area contributed by atoms with Crippen molar-refractivity contribution >= 4 is 17.3 Å². The van der Waals surface area contributed by atoms with E-state index in [9.17, 15) is 4.79 Å². The standard InChI is InChI=1S/C10H13NO3S/c1-6-10(7-3-2-4-14-7)11-8(15-6)5-9(12)13/h7H,2-5H2,1H3,(H,12,13). The fraction of sp³-hybridized carbons (Fsp3) is 0.600. The van der Waals surface area contributed by atoms with Gasteiger partial charge in [-0.25, -0.2) is 4.98 Å². The Morgan fingerprint density at radius 2 is 2.53 bits per heavy atom. The van der Waals surface area contributed by atoms with Crippen molar-refractivity contribution in [2.75, 3.05) is 6.61 Å². The summed E-state index contributed by atoms with van der Waals surface area (Å²) in [6.07, 6.45) is 2.16. The highest BCUT2D eigenvalue weighted by atomic mass is 32.1. The van der Waals surface area contributed by atoms with Gasteiger partial charge in [-0.15, -0.1) is 11.3 Å². The lowest BCUT2D eigenvalue weighted by molar-refractivity contribution is -0.136. The molecular weight excluding hydrogens is 214 g/mol. The van der Waals surface area contributed by atoms with Gasteiger partial charge >= 0.3 is 5.97 Å². The summed E-state index contributed by atoms with van der Waals surface area (Å²) in [6.45, 7) is 2.76. The summed E-state index contributed by atoms with van der Waals surface area (Å²) in [7, 11) is 0. The molecule has 1 aliphatic heterocycles. The van der Waals surface area contributed by atoms with Gasteiger partial charge in [0.15, 0.2) is 0 Å². The largest absolute Gasteiger partial charge is 0.481 e. The maximum Gasteiger partial charge on any atom is 0.310 e. The molecule has 1 aromatic heterocycles. The normalized spacial score (nSPS) is 20.7. The third-order valence-electron chi connectivity index (χ3n) is 2.41. The number of thiazole rings is 1. The Morgan fingerprint density at radius 1 is 1.73 bits per heavy atom. The second-order valence-electron chi connectivity index (χ2n) is 3.62. The Balaban J connectivity index is 2.17. The lowest BCUT2D eigenvalue weighted by atomic mass is 10.2. The van der Waals surface area contributed by atoms with E-state index >= 15 is 0 Å². The molecule has 0 aromatic carbocycles. The highest BCUT2D eigenvalue weighted by Gasteiger charge is 2.23. The molecular formula is C10H13NO3S. The number of aryl methyl sites for hydroxylation is 1. The molecule has 1 aliphatic rings. The predicted molar refractivity (Wildman–Crippen MR) is 56.1 cm³/mol. The number of hydrogen-bond acceptors (Lipinski definition) is 4. The number of carboxylic acid groups (broad SMARTS) is 1. The second kappa shape index (κ2) is 4.28. The minimum atomic E-state index is -0.831. The van der Waals surface area contributed by atoms with Gasteiger partial charge in [-0.1, -0.05) is 0 Å². The SMILES string of the molecule is Cc1sc(CC(=O)O)nc1C1CCCO1. The van der Waals surface area contributed by atoms with Crippen LogP contribution in [0.5, 0.6) is 0 Å². The van der Waals surface area contributed by atoms with Crippen molar-refractivity contribution in [1.82, 2.24) is 4.98 Å². The minimum Gasteiger partial charge on any atom is -0.481 e. The second-order valence-corrected chi connectivity index (χ2v) is 4.91. The maximum atomic E-state index is 10.5. The highest BCUT2D eigenvalue weighted by molar-refractivity contribution is 7.11. The Morgan fingerprint density at radius 3 is 3.13 bits per heavy atom. The van der Waals surface area contributed by atoms with Crippen molar-refractivity contribution in [2.45, 2.75) is 32.3 Å². The molecule has 1 saturated heterocycles. The first-order valence-corrected chi connectivity index (χ1v) is 5.78. The van der Waals surface area contributed by atoms with E-state index in [1.807, 2.05) is 6.92 Å². The van der Waals surface area contributed by atoms with Gasteiger partial charge in [0.1, 0.15) is 11.1 Å². The van der Waals surface area contributed by atoms with Crippen molar-refractivity contribution in [3.63, 3.8) is 0 Å². The van der Waals surface area contributed by atoms with Crippen LogP contribution in [-0.2, 0) is 16.0 Å². The van der Waals surface area contributed by atoms with Crippen molar-refractivity contribution in [2.24, 2.45) is 0 Å².